The van der Waals surface area contributed by atoms with E-state index < -0.39 is 6.04 Å². The van der Waals surface area contributed by atoms with Crippen LogP contribution in [0.4, 0.5) is 4.39 Å². The predicted molar refractivity (Wildman–Crippen MR) is 110 cm³/mol. The lowest BCUT2D eigenvalue weighted by atomic mass is 9.96. The number of Topliss-reactive ketones (excluding diaryl/α,β-unsaturated/α-hetero) is 1. The molecule has 0 saturated heterocycles. The van der Waals surface area contributed by atoms with Gasteiger partial charge < -0.3 is 10.5 Å². The zero-order valence-electron chi connectivity index (χ0n) is 16.2. The number of carbonyl (C=O) groups excluding carboxylic acids is 1. The Balaban J connectivity index is 1.89. The normalized spacial score (nSPS) is 12.1. The molecule has 1 heterocycles. The van der Waals surface area contributed by atoms with E-state index in [4.69, 9.17) is 15.7 Å². The van der Waals surface area contributed by atoms with Gasteiger partial charge in [0.25, 0.3) is 6.02 Å². The number of aliphatic imine (C=N–C) groups is 1. The first-order chi connectivity index (χ1) is 14.5. The maximum absolute atomic E-state index is 13.4. The van der Waals surface area contributed by atoms with Gasteiger partial charge in [0, 0.05) is 12.6 Å². The number of benzene rings is 2. The van der Waals surface area contributed by atoms with Gasteiger partial charge in [-0.2, -0.15) is 5.26 Å². The summed E-state index contributed by atoms with van der Waals surface area (Å²) >= 11 is 0. The van der Waals surface area contributed by atoms with Crippen molar-refractivity contribution >= 4 is 11.8 Å². The molecular formula is C23H19FN4O2. The van der Waals surface area contributed by atoms with Crippen molar-refractivity contribution in [3.63, 3.8) is 0 Å². The molecule has 2 N–H and O–H groups in total. The number of methoxy groups -OCH3 is 1. The van der Waals surface area contributed by atoms with Crippen LogP contribution >= 0.6 is 0 Å². The maximum Gasteiger partial charge on any atom is 0.282 e. The zero-order valence-corrected chi connectivity index (χ0v) is 16.2. The number of hydrogen-bond donors (Lipinski definition) is 1. The van der Waals surface area contributed by atoms with Crippen molar-refractivity contribution in [3.05, 3.63) is 101 Å². The van der Waals surface area contributed by atoms with Gasteiger partial charge in [0.15, 0.2) is 5.78 Å². The van der Waals surface area contributed by atoms with E-state index in [0.717, 1.165) is 16.7 Å². The molecule has 1 atom stereocenters. The second kappa shape index (κ2) is 9.43. The van der Waals surface area contributed by atoms with Crippen LogP contribution in [0.15, 0.2) is 71.9 Å². The summed E-state index contributed by atoms with van der Waals surface area (Å²) in [6, 6.07) is 17.9. The van der Waals surface area contributed by atoms with E-state index in [1.165, 1.54) is 31.5 Å². The number of hydrogen-bond acceptors (Lipinski definition) is 5. The highest BCUT2D eigenvalue weighted by molar-refractivity contribution is 5.95. The number of pyridine rings is 1. The molecular weight excluding hydrogens is 383 g/mol. The Morgan fingerprint density at radius 3 is 2.60 bits per heavy atom. The number of halogens is 1. The summed E-state index contributed by atoms with van der Waals surface area (Å²) in [5, 5.41) is 8.85. The van der Waals surface area contributed by atoms with E-state index in [-0.39, 0.29) is 29.7 Å². The van der Waals surface area contributed by atoms with Crippen molar-refractivity contribution in [2.75, 3.05) is 7.11 Å². The van der Waals surface area contributed by atoms with E-state index in [1.54, 1.807) is 18.2 Å². The van der Waals surface area contributed by atoms with E-state index >= 15 is 0 Å². The lowest BCUT2D eigenvalue weighted by Gasteiger charge is -2.15. The molecule has 7 heteroatoms. The molecule has 1 aromatic heterocycles. The molecule has 0 aliphatic carbocycles. The first kappa shape index (κ1) is 20.7. The van der Waals surface area contributed by atoms with Crippen molar-refractivity contribution in [2.45, 2.75) is 12.5 Å². The minimum Gasteiger partial charge on any atom is -0.469 e. The number of rotatable bonds is 6. The summed E-state index contributed by atoms with van der Waals surface area (Å²) in [5.41, 5.74) is 8.72. The predicted octanol–water partition coefficient (Wildman–Crippen LogP) is 3.57. The molecule has 3 rings (SSSR count). The summed E-state index contributed by atoms with van der Waals surface area (Å²) in [6.07, 6.45) is 1.50. The van der Waals surface area contributed by atoms with Crippen molar-refractivity contribution in [2.24, 2.45) is 10.7 Å². The average Bonchev–Trinajstić information content (AvgIpc) is 2.78. The fraction of sp³-hybridized carbons (Fsp3) is 0.130. The fourth-order valence-corrected chi connectivity index (χ4v) is 2.94. The molecule has 0 radical (unpaired) electrons. The molecule has 0 aliphatic rings. The molecule has 6 nitrogen and oxygen atoms in total. The van der Waals surface area contributed by atoms with Gasteiger partial charge in [0.2, 0.25) is 0 Å². The molecule has 0 bridgehead atoms. The van der Waals surface area contributed by atoms with Crippen LogP contribution < -0.4 is 5.73 Å². The minimum absolute atomic E-state index is 0.00686. The number of aromatic nitrogens is 1. The average molecular weight is 402 g/mol. The monoisotopic (exact) mass is 402 g/mol. The number of ketones is 1. The van der Waals surface area contributed by atoms with Gasteiger partial charge in [-0.3, -0.25) is 9.78 Å². The van der Waals surface area contributed by atoms with Crippen LogP contribution in [-0.2, 0) is 11.2 Å². The highest BCUT2D eigenvalue weighted by Crippen LogP contribution is 2.27. The minimum atomic E-state index is -0.520. The molecule has 0 fully saturated rings. The maximum atomic E-state index is 13.4. The Morgan fingerprint density at radius 1 is 1.20 bits per heavy atom. The Labute approximate surface area is 173 Å². The van der Waals surface area contributed by atoms with Crippen LogP contribution in [-0.4, -0.2) is 23.9 Å². The standard InChI is InChI=1S/C23H19FN4O2/c1-30-23(26)28-22(17-6-8-19(24)9-7-17)18-4-2-3-15(11-18)12-21(29)20-10-5-16(13-25)14-27-20/h2-11,14,22H,12H2,1H3,(H2,26,28). The number of nitrogens with zero attached hydrogens (tertiary/aromatic N) is 3. The van der Waals surface area contributed by atoms with Crippen LogP contribution in [0.25, 0.3) is 0 Å². The number of ether oxygens (including phenoxy) is 1. The smallest absolute Gasteiger partial charge is 0.282 e. The summed E-state index contributed by atoms with van der Waals surface area (Å²) < 4.78 is 18.3. The quantitative estimate of drug-likeness (QED) is 0.386. The Morgan fingerprint density at radius 2 is 1.97 bits per heavy atom. The highest BCUT2D eigenvalue weighted by Gasteiger charge is 2.16. The molecule has 30 heavy (non-hydrogen) atoms. The van der Waals surface area contributed by atoms with E-state index in [2.05, 4.69) is 9.98 Å². The van der Waals surface area contributed by atoms with Crippen molar-refractivity contribution in [1.82, 2.24) is 4.98 Å². The Kier molecular flexibility index (Phi) is 6.50. The first-order valence-electron chi connectivity index (χ1n) is 9.11. The van der Waals surface area contributed by atoms with Gasteiger partial charge in [-0.05, 0) is 41.0 Å². The summed E-state index contributed by atoms with van der Waals surface area (Å²) in [5.74, 6) is -0.523. The van der Waals surface area contributed by atoms with Gasteiger partial charge >= 0.3 is 0 Å². The first-order valence-corrected chi connectivity index (χ1v) is 9.11. The summed E-state index contributed by atoms with van der Waals surface area (Å²) in [7, 11) is 1.42. The second-order valence-electron chi connectivity index (χ2n) is 6.51. The molecule has 150 valence electrons. The third-order valence-corrected chi connectivity index (χ3v) is 4.46. The largest absolute Gasteiger partial charge is 0.469 e. The van der Waals surface area contributed by atoms with Crippen LogP contribution in [0.2, 0.25) is 0 Å². The molecule has 0 spiro atoms. The van der Waals surface area contributed by atoms with Gasteiger partial charge in [-0.1, -0.05) is 36.4 Å². The van der Waals surface area contributed by atoms with Crippen LogP contribution in [0, 0.1) is 17.1 Å². The Bertz CT molecular complexity index is 1100. The van der Waals surface area contributed by atoms with E-state index in [9.17, 15) is 9.18 Å². The van der Waals surface area contributed by atoms with Crippen molar-refractivity contribution in [1.29, 1.82) is 5.26 Å². The number of amidine groups is 1. The lowest BCUT2D eigenvalue weighted by Crippen LogP contribution is -2.16. The molecule has 0 amide bonds. The van der Waals surface area contributed by atoms with Crippen LogP contribution in [0.5, 0.6) is 0 Å². The second-order valence-corrected chi connectivity index (χ2v) is 6.51. The zero-order chi connectivity index (χ0) is 21.5. The molecule has 2 aromatic carbocycles. The van der Waals surface area contributed by atoms with Crippen molar-refractivity contribution < 1.29 is 13.9 Å². The molecule has 3 aromatic rings. The Hall–Kier alpha value is -4.05. The topological polar surface area (TPSA) is 101 Å². The summed E-state index contributed by atoms with van der Waals surface area (Å²) in [6.45, 7) is 0. The fourth-order valence-electron chi connectivity index (χ4n) is 2.94. The van der Waals surface area contributed by atoms with Crippen LogP contribution in [0.3, 0.4) is 0 Å². The lowest BCUT2D eigenvalue weighted by molar-refractivity contribution is 0.0988. The van der Waals surface area contributed by atoms with E-state index in [1.807, 2.05) is 30.3 Å². The van der Waals surface area contributed by atoms with E-state index in [0.29, 0.717) is 5.56 Å². The number of nitrogens with two attached hydrogens (primary N) is 1. The molecule has 0 saturated carbocycles. The highest BCUT2D eigenvalue weighted by atomic mass is 19.1. The van der Waals surface area contributed by atoms with Crippen LogP contribution in [0.1, 0.15) is 38.8 Å². The van der Waals surface area contributed by atoms with Gasteiger partial charge in [-0.25, -0.2) is 9.38 Å². The summed E-state index contributed by atoms with van der Waals surface area (Å²) in [4.78, 5) is 21.0. The third-order valence-electron chi connectivity index (χ3n) is 4.46. The van der Waals surface area contributed by atoms with Gasteiger partial charge in [-0.15, -0.1) is 0 Å². The third kappa shape index (κ3) is 5.06. The van der Waals surface area contributed by atoms with Crippen molar-refractivity contribution in [3.8, 4) is 6.07 Å². The van der Waals surface area contributed by atoms with Gasteiger partial charge in [0.1, 0.15) is 23.6 Å². The van der Waals surface area contributed by atoms with Gasteiger partial charge in [0.05, 0.1) is 12.7 Å². The molecule has 0 aliphatic heterocycles. The number of carbonyl (C=O) groups is 1. The molecule has 1 unspecified atom stereocenters. The SMILES string of the molecule is COC(N)=NC(c1ccc(F)cc1)c1cccc(CC(=O)c2ccc(C#N)cn2)c1. The number of nitriles is 1.